The topological polar surface area (TPSA) is 53.9 Å². The molecule has 0 radical (unpaired) electrons. The molecular weight excluding hydrogens is 300 g/mol. The van der Waals surface area contributed by atoms with Crippen molar-refractivity contribution in [3.63, 3.8) is 0 Å². The SMILES string of the molecule is O=C(c1cc2ccccc2[nH]1)N1C2CCC1CC(n1cccn1)C2. The lowest BCUT2D eigenvalue weighted by atomic mass is 9.97. The van der Waals surface area contributed by atoms with Crippen molar-refractivity contribution in [3.8, 4) is 0 Å². The van der Waals surface area contributed by atoms with Gasteiger partial charge >= 0.3 is 0 Å². The molecule has 2 aromatic heterocycles. The van der Waals surface area contributed by atoms with Crippen LogP contribution in [0.3, 0.4) is 0 Å². The molecule has 2 unspecified atom stereocenters. The van der Waals surface area contributed by atoms with E-state index in [9.17, 15) is 4.79 Å². The van der Waals surface area contributed by atoms with Gasteiger partial charge in [-0.25, -0.2) is 0 Å². The Morgan fingerprint density at radius 1 is 1.08 bits per heavy atom. The van der Waals surface area contributed by atoms with E-state index in [4.69, 9.17) is 0 Å². The van der Waals surface area contributed by atoms with E-state index < -0.39 is 0 Å². The van der Waals surface area contributed by atoms with E-state index >= 15 is 0 Å². The van der Waals surface area contributed by atoms with Crippen molar-refractivity contribution < 1.29 is 4.79 Å². The molecule has 0 aliphatic carbocycles. The molecule has 2 fully saturated rings. The first-order chi connectivity index (χ1) is 11.8. The van der Waals surface area contributed by atoms with Crippen LogP contribution in [0.2, 0.25) is 0 Å². The number of fused-ring (bicyclic) bond motifs is 3. The van der Waals surface area contributed by atoms with Crippen molar-refractivity contribution in [2.24, 2.45) is 0 Å². The number of carbonyl (C=O) groups is 1. The number of aromatic nitrogens is 3. The molecule has 1 aromatic carbocycles. The Bertz CT molecular complexity index is 835. The summed E-state index contributed by atoms with van der Waals surface area (Å²) >= 11 is 0. The molecule has 2 saturated heterocycles. The van der Waals surface area contributed by atoms with Crippen LogP contribution in [0.1, 0.15) is 42.2 Å². The highest BCUT2D eigenvalue weighted by molar-refractivity contribution is 5.98. The van der Waals surface area contributed by atoms with Crippen LogP contribution < -0.4 is 0 Å². The highest BCUT2D eigenvalue weighted by Gasteiger charge is 2.44. The molecule has 0 saturated carbocycles. The lowest BCUT2D eigenvalue weighted by molar-refractivity contribution is 0.0519. The second kappa shape index (κ2) is 5.23. The molecule has 122 valence electrons. The number of nitrogens with zero attached hydrogens (tertiary/aromatic N) is 3. The zero-order valence-electron chi connectivity index (χ0n) is 13.4. The maximum absolute atomic E-state index is 13.1. The fourth-order valence-electron chi connectivity index (χ4n) is 4.52. The standard InChI is InChI=1S/C19H20N4O/c24-19(18-10-13-4-1-2-5-17(13)21-18)23-14-6-7-15(23)12-16(11-14)22-9-3-8-20-22/h1-5,8-10,14-16,21H,6-7,11-12H2. The van der Waals surface area contributed by atoms with Crippen molar-refractivity contribution in [2.75, 3.05) is 0 Å². The second-order valence-electron chi connectivity index (χ2n) is 6.98. The molecular formula is C19H20N4O. The summed E-state index contributed by atoms with van der Waals surface area (Å²) in [6, 6.07) is 13.1. The van der Waals surface area contributed by atoms with Gasteiger partial charge in [-0.1, -0.05) is 18.2 Å². The fourth-order valence-corrected chi connectivity index (χ4v) is 4.52. The predicted octanol–water partition coefficient (Wildman–Crippen LogP) is 3.37. The Balaban J connectivity index is 1.42. The molecule has 1 amide bonds. The number of hydrogen-bond donors (Lipinski definition) is 1. The van der Waals surface area contributed by atoms with Gasteiger partial charge in [0.05, 0.1) is 6.04 Å². The average molecular weight is 320 g/mol. The molecule has 4 heterocycles. The zero-order valence-corrected chi connectivity index (χ0v) is 13.4. The van der Waals surface area contributed by atoms with E-state index in [1.165, 1.54) is 0 Å². The summed E-state index contributed by atoms with van der Waals surface area (Å²) in [4.78, 5) is 18.5. The van der Waals surface area contributed by atoms with Crippen molar-refractivity contribution in [3.05, 3.63) is 54.5 Å². The van der Waals surface area contributed by atoms with Crippen molar-refractivity contribution in [1.82, 2.24) is 19.7 Å². The molecule has 3 aromatic rings. The molecule has 5 rings (SSSR count). The Kier molecular flexibility index (Phi) is 3.01. The summed E-state index contributed by atoms with van der Waals surface area (Å²) in [7, 11) is 0. The number of piperidine rings is 1. The third kappa shape index (κ3) is 2.08. The number of nitrogens with one attached hydrogen (secondary N) is 1. The summed E-state index contributed by atoms with van der Waals surface area (Å²) in [6.07, 6.45) is 8.10. The maximum atomic E-state index is 13.1. The van der Waals surface area contributed by atoms with Crippen LogP contribution in [0.15, 0.2) is 48.8 Å². The van der Waals surface area contributed by atoms with Gasteiger partial charge in [0.15, 0.2) is 0 Å². The van der Waals surface area contributed by atoms with Gasteiger partial charge in [0.25, 0.3) is 5.91 Å². The Morgan fingerprint density at radius 3 is 2.58 bits per heavy atom. The molecule has 5 nitrogen and oxygen atoms in total. The van der Waals surface area contributed by atoms with E-state index in [0.29, 0.717) is 23.8 Å². The van der Waals surface area contributed by atoms with Crippen LogP contribution in [-0.4, -0.2) is 37.7 Å². The van der Waals surface area contributed by atoms with Crippen LogP contribution in [0.5, 0.6) is 0 Å². The van der Waals surface area contributed by atoms with Gasteiger partial charge in [-0.2, -0.15) is 5.10 Å². The number of para-hydroxylation sites is 1. The van der Waals surface area contributed by atoms with Gasteiger partial charge in [-0.05, 0) is 43.9 Å². The number of carbonyl (C=O) groups excluding carboxylic acids is 1. The third-order valence-electron chi connectivity index (χ3n) is 5.60. The maximum Gasteiger partial charge on any atom is 0.270 e. The minimum atomic E-state index is 0.151. The number of benzene rings is 1. The van der Waals surface area contributed by atoms with Crippen molar-refractivity contribution >= 4 is 16.8 Å². The summed E-state index contributed by atoms with van der Waals surface area (Å²) in [5.74, 6) is 0.151. The van der Waals surface area contributed by atoms with E-state index in [-0.39, 0.29) is 5.91 Å². The van der Waals surface area contributed by atoms with Crippen LogP contribution in [-0.2, 0) is 0 Å². The van der Waals surface area contributed by atoms with Gasteiger partial charge < -0.3 is 9.88 Å². The minimum absolute atomic E-state index is 0.151. The number of rotatable bonds is 2. The van der Waals surface area contributed by atoms with Crippen molar-refractivity contribution in [2.45, 2.75) is 43.8 Å². The quantitative estimate of drug-likeness (QED) is 0.787. The summed E-state index contributed by atoms with van der Waals surface area (Å²) in [5.41, 5.74) is 1.74. The summed E-state index contributed by atoms with van der Waals surface area (Å²) < 4.78 is 2.07. The van der Waals surface area contributed by atoms with Crippen molar-refractivity contribution in [1.29, 1.82) is 0 Å². The van der Waals surface area contributed by atoms with Crippen LogP contribution >= 0.6 is 0 Å². The number of H-pyrrole nitrogens is 1. The monoisotopic (exact) mass is 320 g/mol. The van der Waals surface area contributed by atoms with Gasteiger partial charge in [-0.3, -0.25) is 9.48 Å². The smallest absolute Gasteiger partial charge is 0.270 e. The van der Waals surface area contributed by atoms with Crippen LogP contribution in [0.4, 0.5) is 0 Å². The van der Waals surface area contributed by atoms with Crippen LogP contribution in [0, 0.1) is 0 Å². The highest BCUT2D eigenvalue weighted by atomic mass is 16.2. The molecule has 24 heavy (non-hydrogen) atoms. The third-order valence-corrected chi connectivity index (χ3v) is 5.60. The fraction of sp³-hybridized carbons (Fsp3) is 0.368. The molecule has 5 heteroatoms. The number of hydrogen-bond acceptors (Lipinski definition) is 2. The van der Waals surface area contributed by atoms with Gasteiger partial charge in [0.2, 0.25) is 0 Å². The molecule has 2 aliphatic heterocycles. The predicted molar refractivity (Wildman–Crippen MR) is 91.8 cm³/mol. The van der Waals surface area contributed by atoms with Gasteiger partial charge in [0.1, 0.15) is 5.69 Å². The Labute approximate surface area is 140 Å². The Morgan fingerprint density at radius 2 is 1.88 bits per heavy atom. The normalized spacial score (nSPS) is 26.2. The largest absolute Gasteiger partial charge is 0.351 e. The highest BCUT2D eigenvalue weighted by Crippen LogP contribution is 2.41. The molecule has 2 bridgehead atoms. The Hall–Kier alpha value is -2.56. The average Bonchev–Trinajstić information content (AvgIpc) is 3.32. The van der Waals surface area contributed by atoms with Crippen LogP contribution in [0.25, 0.3) is 10.9 Å². The molecule has 1 N–H and O–H groups in total. The first-order valence-corrected chi connectivity index (χ1v) is 8.69. The minimum Gasteiger partial charge on any atom is -0.351 e. The van der Waals surface area contributed by atoms with Gasteiger partial charge in [-0.15, -0.1) is 0 Å². The first-order valence-electron chi connectivity index (χ1n) is 8.69. The van der Waals surface area contributed by atoms with E-state index in [1.54, 1.807) is 0 Å². The lowest BCUT2D eigenvalue weighted by Crippen LogP contribution is -2.47. The summed E-state index contributed by atoms with van der Waals surface area (Å²) in [6.45, 7) is 0. The van der Waals surface area contributed by atoms with E-state index in [2.05, 4.69) is 19.7 Å². The first kappa shape index (κ1) is 13.8. The second-order valence-corrected chi connectivity index (χ2v) is 6.98. The number of amides is 1. The van der Waals surface area contributed by atoms with Gasteiger partial charge in [0, 0.05) is 35.4 Å². The molecule has 2 atom stereocenters. The lowest BCUT2D eigenvalue weighted by Gasteiger charge is -2.38. The summed E-state index contributed by atoms with van der Waals surface area (Å²) in [5, 5.41) is 5.50. The zero-order chi connectivity index (χ0) is 16.1. The van der Waals surface area contributed by atoms with E-state index in [0.717, 1.165) is 36.6 Å². The molecule has 0 spiro atoms. The number of aromatic amines is 1. The molecule has 2 aliphatic rings. The van der Waals surface area contributed by atoms with E-state index in [1.807, 2.05) is 48.8 Å².